The molecule has 0 saturated heterocycles. The number of benzene rings is 1. The van der Waals surface area contributed by atoms with Gasteiger partial charge in [-0.2, -0.15) is 0 Å². The number of nitrogens with zero attached hydrogens (tertiary/aromatic N) is 1. The Balaban J connectivity index is 2.41. The second-order valence-corrected chi connectivity index (χ2v) is 4.62. The molecule has 15 heavy (non-hydrogen) atoms. The fourth-order valence-electron chi connectivity index (χ4n) is 1.30. The third-order valence-corrected chi connectivity index (χ3v) is 3.10. The highest BCUT2D eigenvalue weighted by Gasteiger charge is 2.07. The third kappa shape index (κ3) is 2.11. The highest BCUT2D eigenvalue weighted by Crippen LogP contribution is 2.26. The van der Waals surface area contributed by atoms with E-state index in [0.717, 1.165) is 10.2 Å². The van der Waals surface area contributed by atoms with Gasteiger partial charge in [0.25, 0.3) is 5.91 Å². The Morgan fingerprint density at radius 3 is 3.13 bits per heavy atom. The van der Waals surface area contributed by atoms with E-state index in [1.165, 1.54) is 11.3 Å². The number of carbonyl (C=O) groups excluding carboxylic acids is 1. The van der Waals surface area contributed by atoms with Crippen molar-refractivity contribution in [2.75, 3.05) is 6.54 Å². The minimum Gasteiger partial charge on any atom is -0.352 e. The van der Waals surface area contributed by atoms with E-state index >= 15 is 0 Å². The third-order valence-electron chi connectivity index (χ3n) is 1.96. The highest BCUT2D eigenvalue weighted by atomic mass is 35.5. The summed E-state index contributed by atoms with van der Waals surface area (Å²) in [5, 5.41) is 2.74. The molecule has 1 amide bonds. The van der Waals surface area contributed by atoms with Crippen LogP contribution in [-0.2, 0) is 0 Å². The number of hydrogen-bond donors (Lipinski definition) is 1. The zero-order valence-corrected chi connectivity index (χ0v) is 9.65. The first-order chi connectivity index (χ1) is 7.20. The lowest BCUT2D eigenvalue weighted by Gasteiger charge is -2.00. The van der Waals surface area contributed by atoms with E-state index in [2.05, 4.69) is 10.3 Å². The summed E-state index contributed by atoms with van der Waals surface area (Å²) >= 11 is 7.19. The number of rotatable bonds is 2. The van der Waals surface area contributed by atoms with Crippen molar-refractivity contribution < 1.29 is 4.79 Å². The Bertz CT molecular complexity index is 509. The maximum Gasteiger partial charge on any atom is 0.251 e. The van der Waals surface area contributed by atoms with Crippen LogP contribution < -0.4 is 5.32 Å². The van der Waals surface area contributed by atoms with Crippen LogP contribution in [0.2, 0.25) is 4.47 Å². The van der Waals surface area contributed by atoms with Gasteiger partial charge < -0.3 is 5.32 Å². The maximum absolute atomic E-state index is 11.5. The van der Waals surface area contributed by atoms with Gasteiger partial charge in [-0.15, -0.1) is 11.3 Å². The number of thiazole rings is 1. The average Bonchev–Trinajstić information content (AvgIpc) is 2.57. The van der Waals surface area contributed by atoms with Crippen molar-refractivity contribution in [1.29, 1.82) is 0 Å². The van der Waals surface area contributed by atoms with Gasteiger partial charge in [-0.05, 0) is 25.1 Å². The van der Waals surface area contributed by atoms with Crippen molar-refractivity contribution in [3.63, 3.8) is 0 Å². The molecular weight excluding hydrogens is 232 g/mol. The largest absolute Gasteiger partial charge is 0.352 e. The Morgan fingerprint density at radius 2 is 2.40 bits per heavy atom. The lowest BCUT2D eigenvalue weighted by atomic mass is 10.2. The van der Waals surface area contributed by atoms with Crippen LogP contribution in [0, 0.1) is 0 Å². The maximum atomic E-state index is 11.5. The molecule has 2 rings (SSSR count). The SMILES string of the molecule is CCNC(=O)c1ccc2sc(Cl)nc2c1. The zero-order valence-electron chi connectivity index (χ0n) is 8.08. The van der Waals surface area contributed by atoms with Crippen LogP contribution in [0.25, 0.3) is 10.2 Å². The topological polar surface area (TPSA) is 42.0 Å². The van der Waals surface area contributed by atoms with E-state index in [0.29, 0.717) is 16.6 Å². The molecule has 0 aliphatic heterocycles. The monoisotopic (exact) mass is 240 g/mol. The molecule has 1 aromatic heterocycles. The molecule has 1 heterocycles. The average molecular weight is 241 g/mol. The number of halogens is 1. The molecule has 3 nitrogen and oxygen atoms in total. The molecule has 0 spiro atoms. The number of fused-ring (bicyclic) bond motifs is 1. The molecule has 0 saturated carbocycles. The molecule has 1 N–H and O–H groups in total. The lowest BCUT2D eigenvalue weighted by Crippen LogP contribution is -2.22. The van der Waals surface area contributed by atoms with E-state index in [-0.39, 0.29) is 5.91 Å². The van der Waals surface area contributed by atoms with Gasteiger partial charge in [0.05, 0.1) is 10.2 Å². The van der Waals surface area contributed by atoms with Crippen molar-refractivity contribution in [1.82, 2.24) is 10.3 Å². The van der Waals surface area contributed by atoms with E-state index in [4.69, 9.17) is 11.6 Å². The molecule has 0 bridgehead atoms. The smallest absolute Gasteiger partial charge is 0.251 e. The van der Waals surface area contributed by atoms with Gasteiger partial charge in [-0.25, -0.2) is 4.98 Å². The summed E-state index contributed by atoms with van der Waals surface area (Å²) in [5.41, 5.74) is 1.39. The highest BCUT2D eigenvalue weighted by molar-refractivity contribution is 7.22. The summed E-state index contributed by atoms with van der Waals surface area (Å²) in [4.78, 5) is 15.6. The summed E-state index contributed by atoms with van der Waals surface area (Å²) in [6, 6.07) is 5.40. The summed E-state index contributed by atoms with van der Waals surface area (Å²) in [6.45, 7) is 2.50. The first-order valence-corrected chi connectivity index (χ1v) is 5.74. The van der Waals surface area contributed by atoms with Gasteiger partial charge in [0.15, 0.2) is 4.47 Å². The van der Waals surface area contributed by atoms with E-state index < -0.39 is 0 Å². The van der Waals surface area contributed by atoms with Crippen molar-refractivity contribution in [2.24, 2.45) is 0 Å². The second-order valence-electron chi connectivity index (χ2n) is 3.01. The van der Waals surface area contributed by atoms with E-state index in [1.807, 2.05) is 13.0 Å². The van der Waals surface area contributed by atoms with Gasteiger partial charge in [-0.1, -0.05) is 11.6 Å². The molecular formula is C10H9ClN2OS. The number of amides is 1. The fraction of sp³-hybridized carbons (Fsp3) is 0.200. The first-order valence-electron chi connectivity index (χ1n) is 4.55. The van der Waals surface area contributed by atoms with Gasteiger partial charge in [0.2, 0.25) is 0 Å². The van der Waals surface area contributed by atoms with Crippen LogP contribution >= 0.6 is 22.9 Å². The van der Waals surface area contributed by atoms with Crippen LogP contribution in [0.4, 0.5) is 0 Å². The molecule has 5 heteroatoms. The van der Waals surface area contributed by atoms with Gasteiger partial charge >= 0.3 is 0 Å². The molecule has 1 aromatic carbocycles. The molecule has 0 fully saturated rings. The Morgan fingerprint density at radius 1 is 1.60 bits per heavy atom. The Hall–Kier alpha value is -1.13. The molecule has 78 valence electrons. The molecule has 0 aliphatic carbocycles. The molecule has 0 atom stereocenters. The standard InChI is InChI=1S/C10H9ClN2OS/c1-2-12-9(14)6-3-4-8-7(5-6)13-10(11)15-8/h3-5H,2H2,1H3,(H,12,14). The number of carbonyl (C=O) groups is 1. The second kappa shape index (κ2) is 4.16. The predicted molar refractivity (Wildman–Crippen MR) is 62.6 cm³/mol. The van der Waals surface area contributed by atoms with Crippen LogP contribution in [-0.4, -0.2) is 17.4 Å². The molecule has 2 aromatic rings. The van der Waals surface area contributed by atoms with Crippen molar-refractivity contribution in [3.05, 3.63) is 28.2 Å². The number of hydrogen-bond acceptors (Lipinski definition) is 3. The molecule has 0 unspecified atom stereocenters. The summed E-state index contributed by atoms with van der Waals surface area (Å²) in [6.07, 6.45) is 0. The van der Waals surface area contributed by atoms with Crippen molar-refractivity contribution >= 4 is 39.1 Å². The van der Waals surface area contributed by atoms with Gasteiger partial charge in [0.1, 0.15) is 0 Å². The number of nitrogens with one attached hydrogen (secondary N) is 1. The predicted octanol–water partition coefficient (Wildman–Crippen LogP) is 2.70. The summed E-state index contributed by atoms with van der Waals surface area (Å²) in [7, 11) is 0. The molecule has 0 radical (unpaired) electrons. The summed E-state index contributed by atoms with van der Waals surface area (Å²) < 4.78 is 1.49. The Labute approximate surface area is 96.1 Å². The van der Waals surface area contributed by atoms with Crippen LogP contribution in [0.15, 0.2) is 18.2 Å². The summed E-state index contributed by atoms with van der Waals surface area (Å²) in [5.74, 6) is -0.0801. The Kier molecular flexibility index (Phi) is 2.88. The van der Waals surface area contributed by atoms with Crippen LogP contribution in [0.5, 0.6) is 0 Å². The van der Waals surface area contributed by atoms with Crippen LogP contribution in [0.1, 0.15) is 17.3 Å². The fourth-order valence-corrected chi connectivity index (χ4v) is 2.31. The van der Waals surface area contributed by atoms with Crippen LogP contribution in [0.3, 0.4) is 0 Å². The lowest BCUT2D eigenvalue weighted by molar-refractivity contribution is 0.0956. The van der Waals surface area contributed by atoms with Gasteiger partial charge in [0, 0.05) is 12.1 Å². The quantitative estimate of drug-likeness (QED) is 0.877. The minimum absolute atomic E-state index is 0.0801. The normalized spacial score (nSPS) is 10.5. The van der Waals surface area contributed by atoms with E-state index in [9.17, 15) is 4.79 Å². The minimum atomic E-state index is -0.0801. The van der Waals surface area contributed by atoms with Gasteiger partial charge in [-0.3, -0.25) is 4.79 Å². The molecule has 0 aliphatic rings. The van der Waals surface area contributed by atoms with Crippen molar-refractivity contribution in [2.45, 2.75) is 6.92 Å². The van der Waals surface area contributed by atoms with Crippen molar-refractivity contribution in [3.8, 4) is 0 Å². The number of aromatic nitrogens is 1. The van der Waals surface area contributed by atoms with E-state index in [1.54, 1.807) is 12.1 Å². The first kappa shape index (κ1) is 10.4. The zero-order chi connectivity index (χ0) is 10.8.